The first-order chi connectivity index (χ1) is 8.35. The smallest absolute Gasteiger partial charge is 0.0794 e. The van der Waals surface area contributed by atoms with Gasteiger partial charge in [-0.05, 0) is 32.2 Å². The molecule has 0 radical (unpaired) electrons. The average molecular weight is 254 g/mol. The summed E-state index contributed by atoms with van der Waals surface area (Å²) >= 11 is 1.68. The number of hydrogen-bond donors (Lipinski definition) is 1. The zero-order valence-corrected chi connectivity index (χ0v) is 11.4. The number of nitrogens with zero attached hydrogens (tertiary/aromatic N) is 1. The van der Waals surface area contributed by atoms with E-state index >= 15 is 0 Å². The van der Waals surface area contributed by atoms with Gasteiger partial charge in [0.1, 0.15) is 0 Å². The maximum atomic E-state index is 5.70. The lowest BCUT2D eigenvalue weighted by molar-refractivity contribution is -0.00748. The molecule has 1 aliphatic heterocycles. The third-order valence-electron chi connectivity index (χ3n) is 3.37. The Morgan fingerprint density at radius 3 is 3.18 bits per heavy atom. The second-order valence-electron chi connectivity index (χ2n) is 4.99. The summed E-state index contributed by atoms with van der Waals surface area (Å²) in [5, 5.41) is 5.72. The lowest BCUT2D eigenvalue weighted by Crippen LogP contribution is -2.43. The molecule has 2 heterocycles. The van der Waals surface area contributed by atoms with Gasteiger partial charge in [-0.25, -0.2) is 4.98 Å². The number of aromatic nitrogens is 1. The molecule has 1 fully saturated rings. The van der Waals surface area contributed by atoms with Crippen LogP contribution in [0.5, 0.6) is 0 Å². The van der Waals surface area contributed by atoms with Crippen LogP contribution in [0.3, 0.4) is 0 Å². The summed E-state index contributed by atoms with van der Waals surface area (Å²) in [6.45, 7) is 6.16. The highest BCUT2D eigenvalue weighted by molar-refractivity contribution is 7.07. The molecule has 0 bridgehead atoms. The molecule has 1 unspecified atom stereocenters. The second-order valence-corrected chi connectivity index (χ2v) is 5.71. The Morgan fingerprint density at radius 2 is 2.53 bits per heavy atom. The minimum Gasteiger partial charge on any atom is -0.381 e. The first-order valence-electron chi connectivity index (χ1n) is 6.50. The SMILES string of the molecule is CCCNCC1(Cc2cscn2)CCCOC1. The monoisotopic (exact) mass is 254 g/mol. The maximum absolute atomic E-state index is 5.70. The van der Waals surface area contributed by atoms with Crippen LogP contribution < -0.4 is 5.32 Å². The van der Waals surface area contributed by atoms with Gasteiger partial charge in [0.25, 0.3) is 0 Å². The fraction of sp³-hybridized carbons (Fsp3) is 0.769. The molecule has 1 N–H and O–H groups in total. The molecule has 0 spiro atoms. The number of hydrogen-bond acceptors (Lipinski definition) is 4. The molecule has 1 atom stereocenters. The van der Waals surface area contributed by atoms with Crippen LogP contribution in [0.15, 0.2) is 10.9 Å². The van der Waals surface area contributed by atoms with E-state index in [1.54, 1.807) is 11.3 Å². The van der Waals surface area contributed by atoms with Gasteiger partial charge in [0.2, 0.25) is 0 Å². The number of nitrogens with one attached hydrogen (secondary N) is 1. The van der Waals surface area contributed by atoms with Crippen molar-refractivity contribution >= 4 is 11.3 Å². The van der Waals surface area contributed by atoms with Crippen molar-refractivity contribution in [2.45, 2.75) is 32.6 Å². The van der Waals surface area contributed by atoms with Crippen LogP contribution in [0.2, 0.25) is 0 Å². The summed E-state index contributed by atoms with van der Waals surface area (Å²) in [5.41, 5.74) is 3.41. The van der Waals surface area contributed by atoms with E-state index in [4.69, 9.17) is 4.74 Å². The molecule has 0 aromatic carbocycles. The average Bonchev–Trinajstić information content (AvgIpc) is 2.83. The van der Waals surface area contributed by atoms with Crippen LogP contribution in [0.1, 0.15) is 31.9 Å². The van der Waals surface area contributed by atoms with Crippen LogP contribution >= 0.6 is 11.3 Å². The van der Waals surface area contributed by atoms with Crippen molar-refractivity contribution in [3.63, 3.8) is 0 Å². The molecule has 4 heteroatoms. The summed E-state index contributed by atoms with van der Waals surface area (Å²) < 4.78 is 5.70. The molecule has 0 saturated carbocycles. The fourth-order valence-electron chi connectivity index (χ4n) is 2.49. The topological polar surface area (TPSA) is 34.2 Å². The molecule has 1 aromatic heterocycles. The number of ether oxygens (including phenoxy) is 1. The molecule has 17 heavy (non-hydrogen) atoms. The van der Waals surface area contributed by atoms with Gasteiger partial charge < -0.3 is 10.1 Å². The molecule has 1 aromatic rings. The van der Waals surface area contributed by atoms with Crippen molar-refractivity contribution in [2.75, 3.05) is 26.3 Å². The van der Waals surface area contributed by atoms with Gasteiger partial charge in [-0.15, -0.1) is 11.3 Å². The van der Waals surface area contributed by atoms with Gasteiger partial charge in [0.15, 0.2) is 0 Å². The lowest BCUT2D eigenvalue weighted by Gasteiger charge is -2.37. The Morgan fingerprint density at radius 1 is 1.59 bits per heavy atom. The van der Waals surface area contributed by atoms with E-state index in [-0.39, 0.29) is 5.41 Å². The van der Waals surface area contributed by atoms with E-state index in [1.807, 2.05) is 5.51 Å². The largest absolute Gasteiger partial charge is 0.381 e. The molecule has 1 saturated heterocycles. The summed E-state index contributed by atoms with van der Waals surface area (Å²) in [7, 11) is 0. The zero-order valence-electron chi connectivity index (χ0n) is 10.6. The minimum atomic E-state index is 0.265. The highest BCUT2D eigenvalue weighted by atomic mass is 32.1. The maximum Gasteiger partial charge on any atom is 0.0794 e. The number of thiazole rings is 1. The first kappa shape index (κ1) is 13.0. The van der Waals surface area contributed by atoms with E-state index in [0.717, 1.165) is 32.7 Å². The fourth-order valence-corrected chi connectivity index (χ4v) is 3.05. The quantitative estimate of drug-likeness (QED) is 0.792. The number of rotatable bonds is 6. The van der Waals surface area contributed by atoms with Gasteiger partial charge in [-0.2, -0.15) is 0 Å². The predicted octanol–water partition coefficient (Wildman–Crippen LogP) is 2.48. The van der Waals surface area contributed by atoms with Gasteiger partial charge in [0, 0.05) is 23.9 Å². The third-order valence-corrected chi connectivity index (χ3v) is 4.01. The highest BCUT2D eigenvalue weighted by Crippen LogP contribution is 2.31. The van der Waals surface area contributed by atoms with Crippen molar-refractivity contribution in [1.82, 2.24) is 10.3 Å². The second kappa shape index (κ2) is 6.47. The predicted molar refractivity (Wildman–Crippen MR) is 71.5 cm³/mol. The Bertz CT molecular complexity index is 307. The van der Waals surface area contributed by atoms with Crippen LogP contribution in [-0.2, 0) is 11.2 Å². The summed E-state index contributed by atoms with van der Waals surface area (Å²) in [6, 6.07) is 0. The molecule has 1 aliphatic rings. The van der Waals surface area contributed by atoms with Crippen LogP contribution in [0.4, 0.5) is 0 Å². The Balaban J connectivity index is 1.95. The molecule has 0 aliphatic carbocycles. The molecule has 96 valence electrons. The molecular formula is C13H22N2OS. The molecule has 0 amide bonds. The standard InChI is InChI=1S/C13H22N2OS/c1-2-5-14-9-13(4-3-6-16-10-13)7-12-8-17-11-15-12/h8,11,14H,2-7,9-10H2,1H3. The zero-order chi connectivity index (χ0) is 12.0. The summed E-state index contributed by atoms with van der Waals surface area (Å²) in [4.78, 5) is 4.42. The third kappa shape index (κ3) is 3.76. The van der Waals surface area contributed by atoms with Crippen molar-refractivity contribution < 1.29 is 4.74 Å². The first-order valence-corrected chi connectivity index (χ1v) is 7.44. The van der Waals surface area contributed by atoms with Gasteiger partial charge in [0.05, 0.1) is 17.8 Å². The van der Waals surface area contributed by atoms with E-state index in [1.165, 1.54) is 25.0 Å². The van der Waals surface area contributed by atoms with Crippen molar-refractivity contribution in [3.05, 3.63) is 16.6 Å². The molecule has 2 rings (SSSR count). The van der Waals surface area contributed by atoms with Crippen LogP contribution in [-0.4, -0.2) is 31.3 Å². The summed E-state index contributed by atoms with van der Waals surface area (Å²) in [6.07, 6.45) is 4.67. The van der Waals surface area contributed by atoms with Crippen molar-refractivity contribution in [2.24, 2.45) is 5.41 Å². The molecular weight excluding hydrogens is 232 g/mol. The Labute approximate surface area is 108 Å². The Kier molecular flexibility index (Phi) is 4.95. The van der Waals surface area contributed by atoms with Crippen molar-refractivity contribution in [1.29, 1.82) is 0 Å². The minimum absolute atomic E-state index is 0.265. The highest BCUT2D eigenvalue weighted by Gasteiger charge is 2.33. The Hall–Kier alpha value is -0.450. The van der Waals surface area contributed by atoms with E-state index in [0.29, 0.717) is 0 Å². The van der Waals surface area contributed by atoms with Crippen LogP contribution in [0.25, 0.3) is 0 Å². The summed E-state index contributed by atoms with van der Waals surface area (Å²) in [5.74, 6) is 0. The van der Waals surface area contributed by atoms with Gasteiger partial charge in [-0.3, -0.25) is 0 Å². The van der Waals surface area contributed by atoms with Gasteiger partial charge >= 0.3 is 0 Å². The van der Waals surface area contributed by atoms with Gasteiger partial charge in [-0.1, -0.05) is 6.92 Å². The van der Waals surface area contributed by atoms with E-state index in [9.17, 15) is 0 Å². The lowest BCUT2D eigenvalue weighted by atomic mass is 9.78. The van der Waals surface area contributed by atoms with E-state index < -0.39 is 0 Å². The van der Waals surface area contributed by atoms with E-state index in [2.05, 4.69) is 22.6 Å². The van der Waals surface area contributed by atoms with Crippen molar-refractivity contribution in [3.8, 4) is 0 Å². The normalized spacial score (nSPS) is 25.0. The van der Waals surface area contributed by atoms with Crippen LogP contribution in [0, 0.1) is 5.41 Å². The molecule has 3 nitrogen and oxygen atoms in total.